The summed E-state index contributed by atoms with van der Waals surface area (Å²) in [4.78, 5) is 0. The van der Waals surface area contributed by atoms with E-state index >= 15 is 0 Å². The number of nitrogens with zero attached hydrogens (tertiary/aromatic N) is 2. The van der Waals surface area contributed by atoms with E-state index in [2.05, 4.69) is 10.2 Å². The molecule has 0 aliphatic carbocycles. The largest absolute Gasteiger partial charge is 0.207 e. The van der Waals surface area contributed by atoms with Crippen molar-refractivity contribution in [2.75, 3.05) is 0 Å². The van der Waals surface area contributed by atoms with Crippen LogP contribution in [0.3, 0.4) is 0 Å². The van der Waals surface area contributed by atoms with Crippen molar-refractivity contribution in [2.45, 2.75) is 5.88 Å². The van der Waals surface area contributed by atoms with E-state index < -0.39 is 11.6 Å². The molecule has 0 amide bonds. The number of hydrogen-bond acceptors (Lipinski definition) is 3. The van der Waals surface area contributed by atoms with E-state index in [9.17, 15) is 8.78 Å². The molecule has 0 spiro atoms. The van der Waals surface area contributed by atoms with Crippen LogP contribution in [0.15, 0.2) is 18.2 Å². The molecule has 0 aliphatic heterocycles. The highest BCUT2D eigenvalue weighted by atomic mass is 35.5. The third-order valence-electron chi connectivity index (χ3n) is 1.74. The van der Waals surface area contributed by atoms with Crippen molar-refractivity contribution >= 4 is 22.9 Å². The summed E-state index contributed by atoms with van der Waals surface area (Å²) in [6.07, 6.45) is 0. The highest BCUT2D eigenvalue weighted by molar-refractivity contribution is 7.14. The topological polar surface area (TPSA) is 25.8 Å². The zero-order chi connectivity index (χ0) is 10.8. The molecule has 0 unspecified atom stereocenters. The van der Waals surface area contributed by atoms with E-state index in [1.54, 1.807) is 0 Å². The molecular formula is C9H5ClF2N2S. The minimum absolute atomic E-state index is 0.237. The average Bonchev–Trinajstić information content (AvgIpc) is 2.66. The third kappa shape index (κ3) is 2.13. The van der Waals surface area contributed by atoms with Crippen molar-refractivity contribution in [3.8, 4) is 10.6 Å². The Hall–Kier alpha value is -1.07. The normalized spacial score (nSPS) is 10.6. The highest BCUT2D eigenvalue weighted by Crippen LogP contribution is 2.26. The number of benzene rings is 1. The molecule has 0 aliphatic rings. The van der Waals surface area contributed by atoms with Crippen LogP contribution in [0.4, 0.5) is 8.78 Å². The molecule has 0 bridgehead atoms. The van der Waals surface area contributed by atoms with Gasteiger partial charge in [0.05, 0.1) is 5.88 Å². The van der Waals surface area contributed by atoms with Gasteiger partial charge in [0, 0.05) is 11.6 Å². The zero-order valence-corrected chi connectivity index (χ0v) is 8.95. The van der Waals surface area contributed by atoms with Gasteiger partial charge >= 0.3 is 0 Å². The number of hydrogen-bond donors (Lipinski definition) is 0. The van der Waals surface area contributed by atoms with Gasteiger partial charge in [-0.2, -0.15) is 0 Å². The van der Waals surface area contributed by atoms with Crippen molar-refractivity contribution < 1.29 is 8.78 Å². The maximum Gasteiger partial charge on any atom is 0.150 e. The molecule has 1 aromatic heterocycles. The van der Waals surface area contributed by atoms with Crippen LogP contribution in [-0.2, 0) is 5.88 Å². The van der Waals surface area contributed by atoms with Crippen molar-refractivity contribution in [3.63, 3.8) is 0 Å². The van der Waals surface area contributed by atoms with Gasteiger partial charge in [-0.1, -0.05) is 11.3 Å². The summed E-state index contributed by atoms with van der Waals surface area (Å²) in [5.41, 5.74) is 0.241. The third-order valence-corrected chi connectivity index (χ3v) is 3.11. The maximum absolute atomic E-state index is 13.3. The molecule has 0 radical (unpaired) electrons. The van der Waals surface area contributed by atoms with Crippen LogP contribution in [0.25, 0.3) is 10.6 Å². The van der Waals surface area contributed by atoms with Gasteiger partial charge in [0.25, 0.3) is 0 Å². The standard InChI is InChI=1S/C9H5ClF2N2S/c10-4-8-13-14-9(15-8)6-2-1-5(11)3-7(6)12/h1-3H,4H2. The van der Waals surface area contributed by atoms with Gasteiger partial charge < -0.3 is 0 Å². The molecule has 15 heavy (non-hydrogen) atoms. The monoisotopic (exact) mass is 246 g/mol. The van der Waals surface area contributed by atoms with E-state index in [1.807, 2.05) is 0 Å². The number of halogens is 3. The summed E-state index contributed by atoms with van der Waals surface area (Å²) in [5, 5.41) is 8.53. The first-order chi connectivity index (χ1) is 7.20. The van der Waals surface area contributed by atoms with E-state index in [0.717, 1.165) is 6.07 Å². The molecule has 0 N–H and O–H groups in total. The molecule has 78 valence electrons. The summed E-state index contributed by atoms with van der Waals surface area (Å²) in [6, 6.07) is 3.33. The molecule has 6 heteroatoms. The fraction of sp³-hybridized carbons (Fsp3) is 0.111. The van der Waals surface area contributed by atoms with Crippen LogP contribution in [0, 0.1) is 11.6 Å². The lowest BCUT2D eigenvalue weighted by molar-refractivity contribution is 0.585. The Labute approximate surface area is 93.5 Å². The fourth-order valence-electron chi connectivity index (χ4n) is 1.08. The number of rotatable bonds is 2. The molecule has 0 saturated heterocycles. The Balaban J connectivity index is 2.44. The first-order valence-corrected chi connectivity index (χ1v) is 5.39. The zero-order valence-electron chi connectivity index (χ0n) is 7.38. The van der Waals surface area contributed by atoms with Crippen molar-refractivity contribution in [3.05, 3.63) is 34.8 Å². The molecule has 1 heterocycles. The Bertz CT molecular complexity index is 487. The van der Waals surface area contributed by atoms with E-state index in [-0.39, 0.29) is 11.4 Å². The summed E-state index contributed by atoms with van der Waals surface area (Å²) >= 11 is 6.74. The Kier molecular flexibility index (Phi) is 2.93. The lowest BCUT2D eigenvalue weighted by Crippen LogP contribution is -1.85. The van der Waals surface area contributed by atoms with Gasteiger partial charge in [-0.25, -0.2) is 8.78 Å². The van der Waals surface area contributed by atoms with Crippen molar-refractivity contribution in [1.82, 2.24) is 10.2 Å². The minimum Gasteiger partial charge on any atom is -0.207 e. The van der Waals surface area contributed by atoms with Gasteiger partial charge in [0.1, 0.15) is 16.6 Å². The van der Waals surface area contributed by atoms with Crippen LogP contribution in [-0.4, -0.2) is 10.2 Å². The Morgan fingerprint density at radius 2 is 2.07 bits per heavy atom. The second-order valence-electron chi connectivity index (χ2n) is 2.76. The fourth-order valence-corrected chi connectivity index (χ4v) is 2.01. The smallest absolute Gasteiger partial charge is 0.150 e. The lowest BCUT2D eigenvalue weighted by Gasteiger charge is -1.97. The van der Waals surface area contributed by atoms with Gasteiger partial charge in [-0.05, 0) is 12.1 Å². The molecular weight excluding hydrogens is 242 g/mol. The average molecular weight is 247 g/mol. The Morgan fingerprint density at radius 1 is 1.27 bits per heavy atom. The van der Waals surface area contributed by atoms with E-state index in [1.165, 1.54) is 23.5 Å². The van der Waals surface area contributed by atoms with E-state index in [0.29, 0.717) is 10.0 Å². The molecule has 2 rings (SSSR count). The molecule has 0 atom stereocenters. The first kappa shape index (κ1) is 10.4. The number of aromatic nitrogens is 2. The van der Waals surface area contributed by atoms with Crippen LogP contribution >= 0.6 is 22.9 Å². The minimum atomic E-state index is -0.646. The number of alkyl halides is 1. The Morgan fingerprint density at radius 3 is 2.67 bits per heavy atom. The highest BCUT2D eigenvalue weighted by Gasteiger charge is 2.11. The summed E-state index contributed by atoms with van der Waals surface area (Å²) in [5.74, 6) is -1.02. The van der Waals surface area contributed by atoms with Crippen LogP contribution < -0.4 is 0 Å². The molecule has 1 aromatic carbocycles. The van der Waals surface area contributed by atoms with Gasteiger partial charge in [0.2, 0.25) is 0 Å². The summed E-state index contributed by atoms with van der Waals surface area (Å²) < 4.78 is 26.0. The van der Waals surface area contributed by atoms with Gasteiger partial charge in [0.15, 0.2) is 5.01 Å². The van der Waals surface area contributed by atoms with Crippen LogP contribution in [0.1, 0.15) is 5.01 Å². The van der Waals surface area contributed by atoms with Crippen molar-refractivity contribution in [1.29, 1.82) is 0 Å². The van der Waals surface area contributed by atoms with Crippen LogP contribution in [0.5, 0.6) is 0 Å². The summed E-state index contributed by atoms with van der Waals surface area (Å²) in [7, 11) is 0. The molecule has 0 fully saturated rings. The molecule has 2 nitrogen and oxygen atoms in total. The van der Waals surface area contributed by atoms with Crippen molar-refractivity contribution in [2.24, 2.45) is 0 Å². The van der Waals surface area contributed by atoms with Gasteiger partial charge in [-0.15, -0.1) is 21.8 Å². The molecule has 2 aromatic rings. The lowest BCUT2D eigenvalue weighted by atomic mass is 10.2. The summed E-state index contributed by atoms with van der Waals surface area (Å²) in [6.45, 7) is 0. The maximum atomic E-state index is 13.3. The quantitative estimate of drug-likeness (QED) is 0.761. The van der Waals surface area contributed by atoms with Crippen LogP contribution in [0.2, 0.25) is 0 Å². The van der Waals surface area contributed by atoms with Gasteiger partial charge in [-0.3, -0.25) is 0 Å². The molecule has 0 saturated carbocycles. The predicted octanol–water partition coefficient (Wildman–Crippen LogP) is 3.22. The SMILES string of the molecule is Fc1ccc(-c2nnc(CCl)s2)c(F)c1. The second kappa shape index (κ2) is 4.20. The van der Waals surface area contributed by atoms with E-state index in [4.69, 9.17) is 11.6 Å². The first-order valence-electron chi connectivity index (χ1n) is 4.04. The predicted molar refractivity (Wildman–Crippen MR) is 54.8 cm³/mol. The second-order valence-corrected chi connectivity index (χ2v) is 4.09.